The number of ketones is 4. The van der Waals surface area contributed by atoms with Gasteiger partial charge >= 0.3 is 12.4 Å². The fourth-order valence-electron chi connectivity index (χ4n) is 11.9. The molecular weight excluding hydrogens is 1760 g/mol. The smallest absolute Gasteiger partial charge is 0.416 e. The second kappa shape index (κ2) is 41.4. The molecule has 8 aromatic carbocycles. The molecule has 0 N–H and O–H groups in total. The molecule has 0 fully saturated rings. The number of rotatable bonds is 28. The summed E-state index contributed by atoms with van der Waals surface area (Å²) in [5.74, 6) is -10.8. The van der Waals surface area contributed by atoms with Crippen LogP contribution in [0.1, 0.15) is 206 Å². The van der Waals surface area contributed by atoms with Crippen molar-refractivity contribution < 1.29 is 117 Å². The fourth-order valence-corrected chi connectivity index (χ4v) is 12.9. The maximum absolute atomic E-state index is 14.8. The number of halogens is 18. The van der Waals surface area contributed by atoms with E-state index in [0.29, 0.717) is 76.5 Å². The van der Waals surface area contributed by atoms with Crippen molar-refractivity contribution in [1.29, 1.82) is 0 Å². The van der Waals surface area contributed by atoms with Crippen LogP contribution in [0.25, 0.3) is 45.0 Å². The molecule has 0 bridgehead atoms. The Kier molecular flexibility index (Phi) is 32.1. The predicted molar refractivity (Wildman–Crippen MR) is 428 cm³/mol. The van der Waals surface area contributed by atoms with Gasteiger partial charge in [-0.25, -0.2) is 55.1 Å². The summed E-state index contributed by atoms with van der Waals surface area (Å²) in [6.07, 6.45) is -6.31. The van der Waals surface area contributed by atoms with E-state index in [0.717, 1.165) is 118 Å². The van der Waals surface area contributed by atoms with Crippen LogP contribution in [0.4, 0.5) is 61.5 Å². The number of hydrogen-bond donors (Lipinski definition) is 0. The average Bonchev–Trinajstić information content (AvgIpc) is 1.75. The zero-order valence-electron chi connectivity index (χ0n) is 65.9. The van der Waals surface area contributed by atoms with Gasteiger partial charge in [-0.3, -0.25) is 19.2 Å². The predicted octanol–water partition coefficient (Wildman–Crippen LogP) is 27.9. The van der Waals surface area contributed by atoms with Crippen LogP contribution in [0.15, 0.2) is 181 Å². The van der Waals surface area contributed by atoms with Crippen molar-refractivity contribution in [3.05, 3.63) is 293 Å². The monoisotopic (exact) mass is 1830 g/mol. The van der Waals surface area contributed by atoms with Gasteiger partial charge in [0.05, 0.1) is 33.4 Å². The number of Topliss-reactive ketones (excluding diaryl/α,β-unsaturated/α-hetero) is 4. The first-order valence-corrected chi connectivity index (χ1v) is 39.0. The summed E-state index contributed by atoms with van der Waals surface area (Å²) in [7, 11) is 0. The Morgan fingerprint density at radius 3 is 1.05 bits per heavy atom. The summed E-state index contributed by atoms with van der Waals surface area (Å²) >= 11 is 21.1. The molecule has 4 unspecified atom stereocenters. The molecule has 642 valence electrons. The molecule has 16 nitrogen and oxygen atoms in total. The van der Waals surface area contributed by atoms with Crippen LogP contribution in [0, 0.1) is 46.5 Å². The number of aromatic nitrogens is 4. The van der Waals surface area contributed by atoms with Crippen LogP contribution in [0.3, 0.4) is 0 Å². The molecule has 4 heterocycles. The van der Waals surface area contributed by atoms with Gasteiger partial charge in [0.2, 0.25) is 28.8 Å². The molecule has 12 rings (SSSR count). The molecule has 0 radical (unpaired) electrons. The van der Waals surface area contributed by atoms with E-state index in [1.54, 1.807) is 30.3 Å². The minimum absolute atomic E-state index is 0.00938. The maximum atomic E-state index is 14.8. The number of benzene rings is 8. The molecule has 0 saturated heterocycles. The third-order valence-corrected chi connectivity index (χ3v) is 19.1. The van der Waals surface area contributed by atoms with E-state index < -0.39 is 146 Å². The maximum Gasteiger partial charge on any atom is 0.416 e. The van der Waals surface area contributed by atoms with Crippen LogP contribution in [0.5, 0.6) is 23.0 Å². The lowest BCUT2D eigenvalue weighted by molar-refractivity contribution is -0.138. The van der Waals surface area contributed by atoms with Gasteiger partial charge in [0.1, 0.15) is 57.6 Å². The molecule has 0 spiro atoms. The molecule has 0 amide bonds. The Hall–Kier alpha value is -11.4. The van der Waals surface area contributed by atoms with Crippen LogP contribution < -0.4 is 18.9 Å². The number of aryl methyl sites for hydroxylation is 1. The number of nitrogens with zero attached hydrogens (tertiary/aromatic N) is 4. The van der Waals surface area contributed by atoms with Crippen molar-refractivity contribution in [2.45, 2.75) is 144 Å². The second-order valence-corrected chi connectivity index (χ2v) is 28.8. The number of oxazole rings is 4. The Morgan fingerprint density at radius 1 is 0.410 bits per heavy atom. The van der Waals surface area contributed by atoms with Gasteiger partial charge in [0.15, 0.2) is 98.5 Å². The standard InChI is InChI=1S/C24H24ClF2NO3.C24H22ClF2NO3.C20H13BrF5NO3.C20H13ClF5NO3/c2*1-4-6-19-23(15-8-10-16(25)11-9-15)28-24(31-19)20(7-5-2)30-18-13-12-17(26)21(14(3)29)22(18)27;2*1-9(28)15-13(22)7-8-14(16(15)23)29-10(2)19-27-17(18(21)30-19)11-3-5-12(6-4-11)20(24,25)26/h8-13,20H,4-7H2,1-3H3;4,8-13,20H,1,5-7H2,2-3H3;2*3-8,10H,1-2H3. The van der Waals surface area contributed by atoms with Crippen LogP contribution in [-0.4, -0.2) is 43.1 Å². The molecule has 0 aliphatic heterocycles. The van der Waals surface area contributed by atoms with Crippen molar-refractivity contribution in [2.75, 3.05) is 0 Å². The molecule has 4 atom stereocenters. The minimum atomic E-state index is -4.49. The first kappa shape index (κ1) is 94.4. The highest BCUT2D eigenvalue weighted by Gasteiger charge is 2.35. The van der Waals surface area contributed by atoms with Gasteiger partial charge < -0.3 is 36.6 Å². The van der Waals surface area contributed by atoms with E-state index in [1.165, 1.54) is 44.2 Å². The summed E-state index contributed by atoms with van der Waals surface area (Å²) in [4.78, 5) is 63.7. The van der Waals surface area contributed by atoms with Crippen molar-refractivity contribution in [2.24, 2.45) is 0 Å². The number of hydrogen-bond acceptors (Lipinski definition) is 16. The van der Waals surface area contributed by atoms with Crippen molar-refractivity contribution in [3.63, 3.8) is 0 Å². The SMILES string of the molecule is C=CCc1oc(C(CCC)Oc2ccc(F)c(C(C)=O)c2F)nc1-c1ccc(Cl)cc1.CC(=O)c1c(F)ccc(OC(C)c2nc(-c3ccc(C(F)(F)F)cc3)c(Br)o2)c1F.CC(=O)c1c(F)ccc(OC(C)c2nc(-c3ccc(C(F)(F)F)cc3)c(Cl)o2)c1F.CCCc1oc(C(CCC)Oc2ccc(F)c(C(C)=O)c2F)nc1-c1ccc(Cl)cc1. The largest absolute Gasteiger partial charge is 0.478 e. The molecule has 0 aliphatic rings. The number of carbonyl (C=O) groups excluding carboxylic acids is 4. The Labute approximate surface area is 712 Å². The molecular formula is C88H72BrCl3F14N4O12. The van der Waals surface area contributed by atoms with Crippen molar-refractivity contribution >= 4 is 73.9 Å². The topological polar surface area (TPSA) is 209 Å². The van der Waals surface area contributed by atoms with Crippen LogP contribution >= 0.6 is 50.7 Å². The number of carbonyl (C=O) groups is 4. The van der Waals surface area contributed by atoms with E-state index in [1.807, 2.05) is 45.0 Å². The summed E-state index contributed by atoms with van der Waals surface area (Å²) in [5, 5.41) is 1.01. The highest BCUT2D eigenvalue weighted by atomic mass is 79.9. The molecule has 0 saturated carbocycles. The highest BCUT2D eigenvalue weighted by Crippen LogP contribution is 2.42. The second-order valence-electron chi connectivity index (χ2n) is 26.9. The number of alkyl halides is 6. The molecule has 0 aliphatic carbocycles. The summed E-state index contributed by atoms with van der Waals surface area (Å²) in [5.41, 5.74) is -0.501. The third-order valence-electron chi connectivity index (χ3n) is 17.8. The quantitative estimate of drug-likeness (QED) is 0.0254. The summed E-state index contributed by atoms with van der Waals surface area (Å²) in [6, 6.07) is 31.0. The van der Waals surface area contributed by atoms with E-state index in [-0.39, 0.29) is 61.8 Å². The van der Waals surface area contributed by atoms with Gasteiger partial charge in [-0.15, -0.1) is 6.58 Å². The first-order valence-electron chi connectivity index (χ1n) is 37.1. The summed E-state index contributed by atoms with van der Waals surface area (Å²) in [6.45, 7) is 16.8. The lowest BCUT2D eigenvalue weighted by Gasteiger charge is -2.17. The van der Waals surface area contributed by atoms with Crippen LogP contribution in [-0.2, 0) is 25.2 Å². The molecule has 122 heavy (non-hydrogen) atoms. The van der Waals surface area contributed by atoms with Gasteiger partial charge in [-0.2, -0.15) is 26.3 Å². The zero-order valence-corrected chi connectivity index (χ0v) is 69.7. The Morgan fingerprint density at radius 2 is 0.713 bits per heavy atom. The average molecular weight is 1830 g/mol. The lowest BCUT2D eigenvalue weighted by atomic mass is 10.1. The van der Waals surface area contributed by atoms with E-state index in [9.17, 15) is 80.6 Å². The Bertz CT molecular complexity index is 5570. The van der Waals surface area contributed by atoms with Crippen molar-refractivity contribution in [1.82, 2.24) is 19.9 Å². The number of allylic oxidation sites excluding steroid dienone is 1. The first-order chi connectivity index (χ1) is 57.7. The van der Waals surface area contributed by atoms with Gasteiger partial charge in [0, 0.05) is 45.1 Å². The van der Waals surface area contributed by atoms with Gasteiger partial charge in [-0.05, 0) is 185 Å². The van der Waals surface area contributed by atoms with Crippen LogP contribution in [0.2, 0.25) is 15.3 Å². The van der Waals surface area contributed by atoms with E-state index >= 15 is 0 Å². The minimum Gasteiger partial charge on any atom is -0.478 e. The summed E-state index contributed by atoms with van der Waals surface area (Å²) < 4.78 is 235. The lowest BCUT2D eigenvalue weighted by Crippen LogP contribution is -2.11. The van der Waals surface area contributed by atoms with E-state index in [4.69, 9.17) is 71.4 Å². The molecule has 4 aromatic heterocycles. The third kappa shape index (κ3) is 23.2. The fraction of sp³-hybridized carbons (Fsp3) is 0.250. The van der Waals surface area contributed by atoms with Gasteiger partial charge in [0.25, 0.3) is 0 Å². The van der Waals surface area contributed by atoms with Crippen molar-refractivity contribution in [3.8, 4) is 68.0 Å². The Balaban J connectivity index is 0.000000185. The normalized spacial score (nSPS) is 12.3. The van der Waals surface area contributed by atoms with E-state index in [2.05, 4.69) is 42.4 Å². The molecule has 12 aromatic rings. The van der Waals surface area contributed by atoms with Gasteiger partial charge in [-0.1, -0.05) is 111 Å². The molecule has 34 heteroatoms. The number of ether oxygens (including phenoxy) is 4. The highest BCUT2D eigenvalue weighted by molar-refractivity contribution is 9.10. The zero-order chi connectivity index (χ0) is 89.5.